The van der Waals surface area contributed by atoms with Gasteiger partial charge < -0.3 is 15.0 Å². The number of carbonyl (C=O) groups excluding carboxylic acids is 2. The molecule has 0 fully saturated rings. The summed E-state index contributed by atoms with van der Waals surface area (Å²) in [6.07, 6.45) is 1.87. The first-order valence-electron chi connectivity index (χ1n) is 8.60. The second-order valence-corrected chi connectivity index (χ2v) is 7.06. The predicted octanol–water partition coefficient (Wildman–Crippen LogP) is 3.23. The minimum Gasteiger partial charge on any atom is -0.476 e. The Morgan fingerprint density at radius 1 is 1.19 bits per heavy atom. The Hall–Kier alpha value is -2.89. The Labute approximate surface area is 153 Å². The fourth-order valence-corrected chi connectivity index (χ4v) is 2.86. The Morgan fingerprint density at radius 2 is 1.92 bits per heavy atom. The third-order valence-electron chi connectivity index (χ3n) is 4.27. The SMILES string of the molecule is Cc1ccc(NC(=O)CCN2C(=O)C(C)(C)Oc3ccc(C)cc32)nc1. The first-order valence-corrected chi connectivity index (χ1v) is 8.60. The van der Waals surface area contributed by atoms with Crippen LogP contribution in [0.25, 0.3) is 0 Å². The van der Waals surface area contributed by atoms with Gasteiger partial charge in [-0.3, -0.25) is 9.59 Å². The maximum atomic E-state index is 12.8. The van der Waals surface area contributed by atoms with Gasteiger partial charge in [-0.05, 0) is 57.0 Å². The number of fused-ring (bicyclic) bond motifs is 1. The highest BCUT2D eigenvalue weighted by Gasteiger charge is 2.40. The average Bonchev–Trinajstić information content (AvgIpc) is 2.58. The molecule has 0 spiro atoms. The van der Waals surface area contributed by atoms with Gasteiger partial charge in [-0.25, -0.2) is 4.98 Å². The van der Waals surface area contributed by atoms with Gasteiger partial charge in [0.15, 0.2) is 5.60 Å². The number of benzene rings is 1. The molecular weight excluding hydrogens is 330 g/mol. The van der Waals surface area contributed by atoms with Gasteiger partial charge in [0.25, 0.3) is 5.91 Å². The van der Waals surface area contributed by atoms with Gasteiger partial charge in [0, 0.05) is 19.2 Å². The maximum Gasteiger partial charge on any atom is 0.270 e. The van der Waals surface area contributed by atoms with Crippen LogP contribution in [0.4, 0.5) is 11.5 Å². The molecule has 0 saturated heterocycles. The Balaban J connectivity index is 1.73. The molecule has 0 radical (unpaired) electrons. The Morgan fingerprint density at radius 3 is 2.62 bits per heavy atom. The smallest absolute Gasteiger partial charge is 0.270 e. The number of rotatable bonds is 4. The van der Waals surface area contributed by atoms with E-state index in [0.717, 1.165) is 11.1 Å². The lowest BCUT2D eigenvalue weighted by molar-refractivity contribution is -0.132. The summed E-state index contributed by atoms with van der Waals surface area (Å²) in [6.45, 7) is 7.64. The molecule has 0 unspecified atom stereocenters. The average molecular weight is 353 g/mol. The normalized spacial score (nSPS) is 15.2. The van der Waals surface area contributed by atoms with Crippen molar-refractivity contribution in [3.63, 3.8) is 0 Å². The number of amides is 2. The zero-order valence-electron chi connectivity index (χ0n) is 15.5. The lowest BCUT2D eigenvalue weighted by Crippen LogP contribution is -2.53. The topological polar surface area (TPSA) is 71.5 Å². The summed E-state index contributed by atoms with van der Waals surface area (Å²) in [5.41, 5.74) is 1.79. The maximum absolute atomic E-state index is 12.8. The summed E-state index contributed by atoms with van der Waals surface area (Å²) in [7, 11) is 0. The van der Waals surface area contributed by atoms with Crippen molar-refractivity contribution in [3.8, 4) is 5.75 Å². The van der Waals surface area contributed by atoms with Crippen molar-refractivity contribution in [3.05, 3.63) is 47.7 Å². The molecule has 6 heteroatoms. The summed E-state index contributed by atoms with van der Waals surface area (Å²) in [4.78, 5) is 30.9. The highest BCUT2D eigenvalue weighted by Crippen LogP contribution is 2.38. The van der Waals surface area contributed by atoms with Crippen LogP contribution in [0.15, 0.2) is 36.5 Å². The molecule has 0 bridgehead atoms. The Bertz CT molecular complexity index is 844. The van der Waals surface area contributed by atoms with Crippen LogP contribution >= 0.6 is 0 Å². The quantitative estimate of drug-likeness (QED) is 0.916. The summed E-state index contributed by atoms with van der Waals surface area (Å²) in [5, 5.41) is 2.76. The van der Waals surface area contributed by atoms with Crippen molar-refractivity contribution >= 4 is 23.3 Å². The number of hydrogen-bond donors (Lipinski definition) is 1. The van der Waals surface area contributed by atoms with Gasteiger partial charge in [-0.2, -0.15) is 0 Å². The molecule has 1 aliphatic heterocycles. The van der Waals surface area contributed by atoms with Gasteiger partial charge in [-0.15, -0.1) is 0 Å². The second-order valence-electron chi connectivity index (χ2n) is 7.06. The molecule has 136 valence electrons. The number of nitrogens with one attached hydrogen (secondary N) is 1. The van der Waals surface area contributed by atoms with E-state index in [2.05, 4.69) is 10.3 Å². The highest BCUT2D eigenvalue weighted by atomic mass is 16.5. The summed E-state index contributed by atoms with van der Waals surface area (Å²) < 4.78 is 5.83. The third kappa shape index (κ3) is 3.69. The van der Waals surface area contributed by atoms with Gasteiger partial charge in [0.1, 0.15) is 11.6 Å². The molecule has 1 aromatic carbocycles. The molecule has 0 aliphatic carbocycles. The predicted molar refractivity (Wildman–Crippen MR) is 100 cm³/mol. The van der Waals surface area contributed by atoms with Crippen molar-refractivity contribution in [2.45, 2.75) is 39.7 Å². The molecule has 2 aromatic rings. The van der Waals surface area contributed by atoms with E-state index in [9.17, 15) is 9.59 Å². The molecule has 0 atom stereocenters. The monoisotopic (exact) mass is 353 g/mol. The fraction of sp³-hybridized carbons (Fsp3) is 0.350. The number of hydrogen-bond acceptors (Lipinski definition) is 4. The van der Waals surface area contributed by atoms with Crippen LogP contribution < -0.4 is 15.0 Å². The Kier molecular flexibility index (Phi) is 4.68. The second kappa shape index (κ2) is 6.78. The molecule has 3 rings (SSSR count). The van der Waals surface area contributed by atoms with Gasteiger partial charge >= 0.3 is 0 Å². The van der Waals surface area contributed by atoms with Crippen LogP contribution in [0, 0.1) is 13.8 Å². The van der Waals surface area contributed by atoms with Crippen LogP contribution in [0.1, 0.15) is 31.4 Å². The van der Waals surface area contributed by atoms with E-state index in [1.165, 1.54) is 0 Å². The molecule has 2 heterocycles. The molecule has 0 saturated carbocycles. The van der Waals surface area contributed by atoms with Crippen molar-refractivity contribution < 1.29 is 14.3 Å². The lowest BCUT2D eigenvalue weighted by Gasteiger charge is -2.38. The van der Waals surface area contributed by atoms with Crippen molar-refractivity contribution in [1.29, 1.82) is 0 Å². The molecule has 1 aliphatic rings. The fourth-order valence-electron chi connectivity index (χ4n) is 2.86. The zero-order chi connectivity index (χ0) is 18.9. The molecule has 26 heavy (non-hydrogen) atoms. The van der Waals surface area contributed by atoms with E-state index in [1.54, 1.807) is 31.0 Å². The summed E-state index contributed by atoms with van der Waals surface area (Å²) in [5.74, 6) is 0.816. The largest absolute Gasteiger partial charge is 0.476 e. The molecule has 1 aromatic heterocycles. The number of carbonyl (C=O) groups is 2. The van der Waals surface area contributed by atoms with E-state index < -0.39 is 5.60 Å². The van der Waals surface area contributed by atoms with Crippen LogP contribution in [0.3, 0.4) is 0 Å². The minimum atomic E-state index is -0.961. The van der Waals surface area contributed by atoms with Crippen molar-refractivity contribution in [1.82, 2.24) is 4.98 Å². The molecule has 6 nitrogen and oxygen atoms in total. The standard InChI is InChI=1S/C20H23N3O3/c1-13-5-7-16-15(11-13)23(19(25)20(3,4)26-16)10-9-18(24)22-17-8-6-14(2)12-21-17/h5-8,11-12H,9-10H2,1-4H3,(H,21,22,24). The number of aromatic nitrogens is 1. The molecule has 1 N–H and O–H groups in total. The first-order chi connectivity index (χ1) is 12.3. The van der Waals surface area contributed by atoms with Crippen LogP contribution in [-0.2, 0) is 9.59 Å². The minimum absolute atomic E-state index is 0.156. The lowest BCUT2D eigenvalue weighted by atomic mass is 10.0. The zero-order valence-corrected chi connectivity index (χ0v) is 15.5. The van der Waals surface area contributed by atoms with Gasteiger partial charge in [0.2, 0.25) is 5.91 Å². The van der Waals surface area contributed by atoms with Crippen molar-refractivity contribution in [2.24, 2.45) is 0 Å². The van der Waals surface area contributed by atoms with E-state index in [0.29, 0.717) is 17.3 Å². The number of aryl methyl sites for hydroxylation is 2. The summed E-state index contributed by atoms with van der Waals surface area (Å²) in [6, 6.07) is 9.35. The third-order valence-corrected chi connectivity index (χ3v) is 4.27. The number of ether oxygens (including phenoxy) is 1. The van der Waals surface area contributed by atoms with Crippen LogP contribution in [0.5, 0.6) is 5.75 Å². The molecule has 2 amide bonds. The molecular formula is C20H23N3O3. The number of anilines is 2. The van der Waals surface area contributed by atoms with Crippen LogP contribution in [-0.4, -0.2) is 28.9 Å². The summed E-state index contributed by atoms with van der Waals surface area (Å²) >= 11 is 0. The van der Waals surface area contributed by atoms with Crippen molar-refractivity contribution in [2.75, 3.05) is 16.8 Å². The van der Waals surface area contributed by atoms with Crippen LogP contribution in [0.2, 0.25) is 0 Å². The van der Waals surface area contributed by atoms with E-state index >= 15 is 0 Å². The first kappa shape index (κ1) is 17.9. The van der Waals surface area contributed by atoms with E-state index in [-0.39, 0.29) is 24.8 Å². The number of nitrogens with zero attached hydrogens (tertiary/aromatic N) is 2. The van der Waals surface area contributed by atoms with E-state index in [1.807, 2.05) is 38.1 Å². The van der Waals surface area contributed by atoms with Gasteiger partial charge in [-0.1, -0.05) is 12.1 Å². The van der Waals surface area contributed by atoms with E-state index in [4.69, 9.17) is 4.74 Å². The highest BCUT2D eigenvalue weighted by molar-refractivity contribution is 6.03. The van der Waals surface area contributed by atoms with Gasteiger partial charge in [0.05, 0.1) is 5.69 Å². The number of pyridine rings is 1.